The van der Waals surface area contributed by atoms with Crippen LogP contribution in [0.3, 0.4) is 0 Å². The van der Waals surface area contributed by atoms with Gasteiger partial charge in [0.15, 0.2) is 0 Å². The van der Waals surface area contributed by atoms with E-state index in [2.05, 4.69) is 10.3 Å². The molecule has 2 heterocycles. The maximum atomic E-state index is 13.1. The fraction of sp³-hybridized carbons (Fsp3) is 0.368. The number of hydrogen-bond acceptors (Lipinski definition) is 4. The Morgan fingerprint density at radius 3 is 2.79 bits per heavy atom. The van der Waals surface area contributed by atoms with Crippen molar-refractivity contribution in [2.75, 3.05) is 26.7 Å². The molecule has 1 N–H and O–H groups in total. The second kappa shape index (κ2) is 7.45. The molecule has 5 heteroatoms. The number of ether oxygens (including phenoxy) is 1. The normalized spacial score (nSPS) is 18.9. The first-order valence-electron chi connectivity index (χ1n) is 8.26. The first-order valence-corrected chi connectivity index (χ1v) is 8.26. The highest BCUT2D eigenvalue weighted by Crippen LogP contribution is 2.27. The molecule has 0 aliphatic carbocycles. The lowest BCUT2D eigenvalue weighted by atomic mass is 9.96. The Kier molecular flexibility index (Phi) is 5.11. The number of hydrogen-bond donors (Lipinski definition) is 1. The molecular weight excluding hydrogens is 302 g/mol. The molecule has 24 heavy (non-hydrogen) atoms. The third kappa shape index (κ3) is 3.41. The third-order valence-corrected chi connectivity index (χ3v) is 4.58. The van der Waals surface area contributed by atoms with Gasteiger partial charge in [-0.15, -0.1) is 0 Å². The summed E-state index contributed by atoms with van der Waals surface area (Å²) in [5, 5.41) is 3.37. The molecule has 0 spiro atoms. The maximum absolute atomic E-state index is 13.1. The highest BCUT2D eigenvalue weighted by Gasteiger charge is 2.31. The van der Waals surface area contributed by atoms with E-state index < -0.39 is 0 Å². The van der Waals surface area contributed by atoms with Crippen LogP contribution in [0.2, 0.25) is 0 Å². The Morgan fingerprint density at radius 1 is 1.33 bits per heavy atom. The fourth-order valence-corrected chi connectivity index (χ4v) is 3.12. The summed E-state index contributed by atoms with van der Waals surface area (Å²) >= 11 is 0. The van der Waals surface area contributed by atoms with Crippen molar-refractivity contribution in [2.45, 2.75) is 18.9 Å². The number of carbonyl (C=O) groups excluding carboxylic acids is 1. The van der Waals surface area contributed by atoms with E-state index in [1.807, 2.05) is 54.4 Å². The van der Waals surface area contributed by atoms with E-state index >= 15 is 0 Å². The van der Waals surface area contributed by atoms with Gasteiger partial charge in [0.05, 0.1) is 19.1 Å². The molecule has 1 amide bonds. The largest absolute Gasteiger partial charge is 0.497 e. The van der Waals surface area contributed by atoms with Gasteiger partial charge in [0, 0.05) is 32.0 Å². The minimum atomic E-state index is -0.187. The smallest absolute Gasteiger partial charge is 0.230 e. The molecule has 0 bridgehead atoms. The second-order valence-electron chi connectivity index (χ2n) is 6.03. The van der Waals surface area contributed by atoms with Gasteiger partial charge in [-0.3, -0.25) is 9.78 Å². The van der Waals surface area contributed by atoms with Crippen molar-refractivity contribution in [1.82, 2.24) is 15.2 Å². The molecule has 2 unspecified atom stereocenters. The zero-order valence-corrected chi connectivity index (χ0v) is 14.1. The summed E-state index contributed by atoms with van der Waals surface area (Å²) in [4.78, 5) is 19.3. The van der Waals surface area contributed by atoms with E-state index in [4.69, 9.17) is 4.74 Å². The number of nitrogens with one attached hydrogen (secondary N) is 1. The highest BCUT2D eigenvalue weighted by molar-refractivity contribution is 5.84. The summed E-state index contributed by atoms with van der Waals surface area (Å²) in [6.07, 6.45) is 3.60. The van der Waals surface area contributed by atoms with Crippen LogP contribution in [-0.4, -0.2) is 42.5 Å². The van der Waals surface area contributed by atoms with Crippen LogP contribution in [-0.2, 0) is 4.79 Å². The Labute approximate surface area is 142 Å². The SMILES string of the molecule is COc1ccc(C(C)C(=O)N2CCNCC2c2cccnc2)cc1. The summed E-state index contributed by atoms with van der Waals surface area (Å²) in [6.45, 7) is 4.25. The van der Waals surface area contributed by atoms with E-state index in [1.54, 1.807) is 13.3 Å². The van der Waals surface area contributed by atoms with Crippen LogP contribution in [0.25, 0.3) is 0 Å². The zero-order chi connectivity index (χ0) is 16.9. The fourth-order valence-electron chi connectivity index (χ4n) is 3.12. The molecular formula is C19H23N3O2. The molecule has 1 saturated heterocycles. The van der Waals surface area contributed by atoms with Crippen molar-refractivity contribution in [3.05, 3.63) is 59.9 Å². The van der Waals surface area contributed by atoms with Crippen LogP contribution in [0.15, 0.2) is 48.8 Å². The minimum absolute atomic E-state index is 0.0284. The molecule has 2 aromatic rings. The lowest BCUT2D eigenvalue weighted by Gasteiger charge is -2.38. The summed E-state index contributed by atoms with van der Waals surface area (Å²) in [6, 6.07) is 11.7. The summed E-state index contributed by atoms with van der Waals surface area (Å²) in [7, 11) is 1.64. The number of amides is 1. The van der Waals surface area contributed by atoms with Crippen LogP contribution >= 0.6 is 0 Å². The summed E-state index contributed by atoms with van der Waals surface area (Å²) in [5.74, 6) is 0.762. The monoisotopic (exact) mass is 325 g/mol. The maximum Gasteiger partial charge on any atom is 0.230 e. The lowest BCUT2D eigenvalue weighted by Crippen LogP contribution is -2.49. The van der Waals surface area contributed by atoms with Gasteiger partial charge in [0.2, 0.25) is 5.91 Å². The Balaban J connectivity index is 1.80. The molecule has 5 nitrogen and oxygen atoms in total. The van der Waals surface area contributed by atoms with Crippen molar-refractivity contribution in [3.63, 3.8) is 0 Å². The summed E-state index contributed by atoms with van der Waals surface area (Å²) in [5.41, 5.74) is 2.07. The molecule has 126 valence electrons. The van der Waals surface area contributed by atoms with Crippen LogP contribution in [0, 0.1) is 0 Å². The van der Waals surface area contributed by atoms with Crippen LogP contribution in [0.5, 0.6) is 5.75 Å². The third-order valence-electron chi connectivity index (χ3n) is 4.58. The standard InChI is InChI=1S/C19H23N3O2/c1-14(15-5-7-17(24-2)8-6-15)19(23)22-11-10-21-13-18(22)16-4-3-9-20-12-16/h3-9,12,14,18,21H,10-11,13H2,1-2H3. The quantitative estimate of drug-likeness (QED) is 0.938. The predicted molar refractivity (Wildman–Crippen MR) is 93.0 cm³/mol. The lowest BCUT2D eigenvalue weighted by molar-refractivity contribution is -0.135. The van der Waals surface area contributed by atoms with E-state index in [9.17, 15) is 4.79 Å². The zero-order valence-electron chi connectivity index (χ0n) is 14.1. The van der Waals surface area contributed by atoms with Crippen molar-refractivity contribution in [3.8, 4) is 5.75 Å². The number of piperazine rings is 1. The van der Waals surface area contributed by atoms with Gasteiger partial charge in [-0.2, -0.15) is 0 Å². The number of pyridine rings is 1. The molecule has 0 radical (unpaired) electrons. The Morgan fingerprint density at radius 2 is 2.12 bits per heavy atom. The number of methoxy groups -OCH3 is 1. The van der Waals surface area contributed by atoms with Gasteiger partial charge in [-0.05, 0) is 36.2 Å². The van der Waals surface area contributed by atoms with Gasteiger partial charge in [0.1, 0.15) is 5.75 Å². The predicted octanol–water partition coefficient (Wildman–Crippen LogP) is 2.37. The van der Waals surface area contributed by atoms with Crippen LogP contribution < -0.4 is 10.1 Å². The van der Waals surface area contributed by atoms with Gasteiger partial charge >= 0.3 is 0 Å². The number of carbonyl (C=O) groups is 1. The molecule has 1 aliphatic rings. The van der Waals surface area contributed by atoms with Crippen molar-refractivity contribution in [1.29, 1.82) is 0 Å². The molecule has 2 atom stereocenters. The number of benzene rings is 1. The average Bonchev–Trinajstić information content (AvgIpc) is 2.67. The Hall–Kier alpha value is -2.40. The highest BCUT2D eigenvalue weighted by atomic mass is 16.5. The van der Waals surface area contributed by atoms with Gasteiger partial charge in [-0.1, -0.05) is 18.2 Å². The minimum Gasteiger partial charge on any atom is -0.497 e. The first-order chi connectivity index (χ1) is 11.7. The summed E-state index contributed by atoms with van der Waals surface area (Å²) < 4.78 is 5.19. The van der Waals surface area contributed by atoms with Crippen molar-refractivity contribution in [2.24, 2.45) is 0 Å². The second-order valence-corrected chi connectivity index (χ2v) is 6.03. The molecule has 0 saturated carbocycles. The van der Waals surface area contributed by atoms with Crippen molar-refractivity contribution >= 4 is 5.91 Å². The van der Waals surface area contributed by atoms with Crippen LogP contribution in [0.4, 0.5) is 0 Å². The molecule has 1 aliphatic heterocycles. The Bertz CT molecular complexity index is 673. The van der Waals surface area contributed by atoms with E-state index in [-0.39, 0.29) is 17.9 Å². The van der Waals surface area contributed by atoms with Crippen molar-refractivity contribution < 1.29 is 9.53 Å². The van der Waals surface area contributed by atoms with Gasteiger partial charge in [-0.25, -0.2) is 0 Å². The molecule has 1 fully saturated rings. The first kappa shape index (κ1) is 16.5. The molecule has 1 aromatic carbocycles. The average molecular weight is 325 g/mol. The van der Waals surface area contributed by atoms with E-state index in [0.717, 1.165) is 30.0 Å². The molecule has 1 aromatic heterocycles. The number of aromatic nitrogens is 1. The van der Waals surface area contributed by atoms with Crippen LogP contribution in [0.1, 0.15) is 30.0 Å². The molecule has 3 rings (SSSR count). The van der Waals surface area contributed by atoms with Gasteiger partial charge in [0.25, 0.3) is 0 Å². The number of nitrogens with zero attached hydrogens (tertiary/aromatic N) is 2. The van der Waals surface area contributed by atoms with E-state index in [1.165, 1.54) is 0 Å². The van der Waals surface area contributed by atoms with Gasteiger partial charge < -0.3 is 15.0 Å². The topological polar surface area (TPSA) is 54.5 Å². The number of rotatable bonds is 4. The van der Waals surface area contributed by atoms with E-state index in [0.29, 0.717) is 6.54 Å².